The van der Waals surface area contributed by atoms with Crippen molar-refractivity contribution in [3.05, 3.63) is 95.4 Å². The maximum atomic E-state index is 13.3. The number of nitrogens with one attached hydrogen (secondary N) is 2. The summed E-state index contributed by atoms with van der Waals surface area (Å²) in [5.41, 5.74) is 9.08. The van der Waals surface area contributed by atoms with Crippen LogP contribution in [-0.4, -0.2) is 29.2 Å². The van der Waals surface area contributed by atoms with Gasteiger partial charge in [-0.1, -0.05) is 30.0 Å². The molecule has 9 heteroatoms. The molecule has 0 saturated carbocycles. The fourth-order valence-corrected chi connectivity index (χ4v) is 4.53. The lowest BCUT2D eigenvalue weighted by Gasteiger charge is -2.11. The summed E-state index contributed by atoms with van der Waals surface area (Å²) in [6, 6.07) is 19.7. The number of aliphatic imine (C=N–C) groups is 1. The summed E-state index contributed by atoms with van der Waals surface area (Å²) in [5.74, 6) is -0.659. The van der Waals surface area contributed by atoms with Crippen LogP contribution in [-0.2, 0) is 9.59 Å². The maximum absolute atomic E-state index is 13.3. The van der Waals surface area contributed by atoms with Gasteiger partial charge in [0.15, 0.2) is 0 Å². The summed E-state index contributed by atoms with van der Waals surface area (Å²) < 4.78 is 18.4. The molecule has 3 aromatic carbocycles. The Hall–Kier alpha value is -4.11. The molecule has 4 N–H and O–H groups in total. The van der Waals surface area contributed by atoms with Gasteiger partial charge in [-0.05, 0) is 67.1 Å². The normalized spacial score (nSPS) is 16.3. The van der Waals surface area contributed by atoms with Crippen LogP contribution in [0.25, 0.3) is 0 Å². The van der Waals surface area contributed by atoms with Gasteiger partial charge in [-0.15, -0.1) is 0 Å². The van der Waals surface area contributed by atoms with Gasteiger partial charge in [0, 0.05) is 17.1 Å². The lowest BCUT2D eigenvalue weighted by molar-refractivity contribution is -0.115. The van der Waals surface area contributed by atoms with E-state index in [1.165, 1.54) is 24.3 Å². The Morgan fingerprint density at radius 3 is 2.34 bits per heavy atom. The Bertz CT molecular complexity index is 1320. The minimum absolute atomic E-state index is 0.0907. The first kappa shape index (κ1) is 24.0. The highest BCUT2D eigenvalue weighted by Gasteiger charge is 2.38. The highest BCUT2D eigenvalue weighted by atomic mass is 32.2. The van der Waals surface area contributed by atoms with Crippen molar-refractivity contribution in [1.29, 1.82) is 0 Å². The molecule has 3 aromatic rings. The smallest absolute Gasteiger partial charge is 0.260 e. The van der Waals surface area contributed by atoms with Crippen LogP contribution in [0.3, 0.4) is 0 Å². The van der Waals surface area contributed by atoms with Gasteiger partial charge in [0.25, 0.3) is 5.91 Å². The first-order valence-corrected chi connectivity index (χ1v) is 11.6. The summed E-state index contributed by atoms with van der Waals surface area (Å²) >= 11 is 1.08. The highest BCUT2D eigenvalue weighted by Crippen LogP contribution is 2.36. The first-order chi connectivity index (χ1) is 16.9. The lowest BCUT2D eigenvalue weighted by atomic mass is 10.1. The summed E-state index contributed by atoms with van der Waals surface area (Å²) in [6.07, 6.45) is 0. The molecule has 7 nitrogen and oxygen atoms in total. The van der Waals surface area contributed by atoms with Crippen LogP contribution in [0.2, 0.25) is 0 Å². The van der Waals surface area contributed by atoms with E-state index in [0.29, 0.717) is 27.9 Å². The molecular weight excluding hydrogens is 467 g/mol. The number of thioether (sulfide) groups is 1. The summed E-state index contributed by atoms with van der Waals surface area (Å²) in [4.78, 5) is 30.9. The fourth-order valence-electron chi connectivity index (χ4n) is 3.41. The van der Waals surface area contributed by atoms with E-state index in [9.17, 15) is 14.0 Å². The lowest BCUT2D eigenvalue weighted by Crippen LogP contribution is -2.29. The van der Waals surface area contributed by atoms with Gasteiger partial charge < -0.3 is 21.1 Å². The average Bonchev–Trinajstić information content (AvgIpc) is 3.18. The Morgan fingerprint density at radius 2 is 1.69 bits per heavy atom. The van der Waals surface area contributed by atoms with E-state index in [-0.39, 0.29) is 11.3 Å². The highest BCUT2D eigenvalue weighted by molar-refractivity contribution is 8.16. The van der Waals surface area contributed by atoms with Crippen molar-refractivity contribution in [3.8, 4) is 5.75 Å². The molecular formula is C26H23FN4O3S. The monoisotopic (exact) mass is 490 g/mol. The second-order valence-corrected chi connectivity index (χ2v) is 8.80. The van der Waals surface area contributed by atoms with Crippen molar-refractivity contribution >= 4 is 45.7 Å². The van der Waals surface area contributed by atoms with E-state index in [1.807, 2.05) is 25.1 Å². The van der Waals surface area contributed by atoms with E-state index in [2.05, 4.69) is 15.6 Å². The third kappa shape index (κ3) is 5.52. The van der Waals surface area contributed by atoms with E-state index >= 15 is 0 Å². The third-order valence-corrected chi connectivity index (χ3v) is 6.51. The van der Waals surface area contributed by atoms with Crippen LogP contribution < -0.4 is 21.1 Å². The molecule has 35 heavy (non-hydrogen) atoms. The Labute approximate surface area is 206 Å². The average molecular weight is 491 g/mol. The molecule has 0 aromatic heterocycles. The second-order valence-electron chi connectivity index (χ2n) is 7.71. The van der Waals surface area contributed by atoms with Gasteiger partial charge in [0.05, 0.1) is 18.4 Å². The van der Waals surface area contributed by atoms with Crippen molar-refractivity contribution in [1.82, 2.24) is 0 Å². The predicted octanol–water partition coefficient (Wildman–Crippen LogP) is 4.78. The SMILES string of the molecule is COc1ccc(N=C2SC(C(=O)Nc3ccc(F)cc3)C(N)=C2C(=O)Nc2ccccc2C)cc1. The third-order valence-electron chi connectivity index (χ3n) is 5.29. The zero-order valence-electron chi connectivity index (χ0n) is 19.0. The van der Waals surface area contributed by atoms with Crippen molar-refractivity contribution in [2.24, 2.45) is 10.7 Å². The zero-order chi connectivity index (χ0) is 24.9. The van der Waals surface area contributed by atoms with Gasteiger partial charge in [-0.3, -0.25) is 9.59 Å². The van der Waals surface area contributed by atoms with Crippen molar-refractivity contribution < 1.29 is 18.7 Å². The van der Waals surface area contributed by atoms with E-state index < -0.39 is 22.9 Å². The van der Waals surface area contributed by atoms with Crippen LogP contribution in [0, 0.1) is 12.7 Å². The number of methoxy groups -OCH3 is 1. The zero-order valence-corrected chi connectivity index (χ0v) is 19.9. The number of hydrogen-bond donors (Lipinski definition) is 3. The summed E-state index contributed by atoms with van der Waals surface area (Å²) in [7, 11) is 1.56. The predicted molar refractivity (Wildman–Crippen MR) is 138 cm³/mol. The molecule has 0 bridgehead atoms. The molecule has 1 aliphatic heterocycles. The van der Waals surface area contributed by atoms with Crippen LogP contribution in [0.1, 0.15) is 5.56 Å². The van der Waals surface area contributed by atoms with Gasteiger partial charge >= 0.3 is 0 Å². The molecule has 0 saturated heterocycles. The van der Waals surface area contributed by atoms with E-state index in [0.717, 1.165) is 17.3 Å². The Balaban J connectivity index is 1.66. The maximum Gasteiger partial charge on any atom is 0.260 e. The molecule has 1 aliphatic rings. The second kappa shape index (κ2) is 10.4. The Morgan fingerprint density at radius 1 is 1.00 bits per heavy atom. The van der Waals surface area contributed by atoms with Crippen molar-refractivity contribution in [2.45, 2.75) is 12.2 Å². The molecule has 1 unspecified atom stereocenters. The number of hydrogen-bond acceptors (Lipinski definition) is 6. The molecule has 1 atom stereocenters. The van der Waals surface area contributed by atoms with Gasteiger partial charge in [-0.25, -0.2) is 9.38 Å². The van der Waals surface area contributed by atoms with E-state index in [1.54, 1.807) is 37.4 Å². The van der Waals surface area contributed by atoms with Gasteiger partial charge in [0.1, 0.15) is 21.9 Å². The van der Waals surface area contributed by atoms with Crippen LogP contribution >= 0.6 is 11.8 Å². The molecule has 0 radical (unpaired) electrons. The minimum Gasteiger partial charge on any atom is -0.497 e. The topological polar surface area (TPSA) is 106 Å². The molecule has 0 spiro atoms. The van der Waals surface area contributed by atoms with Crippen LogP contribution in [0.5, 0.6) is 5.75 Å². The summed E-state index contributed by atoms with van der Waals surface area (Å²) in [6.45, 7) is 1.88. The number of aryl methyl sites for hydroxylation is 1. The van der Waals surface area contributed by atoms with Gasteiger partial charge in [0.2, 0.25) is 5.91 Å². The quantitative estimate of drug-likeness (QED) is 0.461. The van der Waals surface area contributed by atoms with E-state index in [4.69, 9.17) is 10.5 Å². The van der Waals surface area contributed by atoms with Gasteiger partial charge in [-0.2, -0.15) is 0 Å². The summed E-state index contributed by atoms with van der Waals surface area (Å²) in [5, 5.41) is 5.01. The Kier molecular flexibility index (Phi) is 7.17. The number of benzene rings is 3. The number of nitrogens with zero attached hydrogens (tertiary/aromatic N) is 1. The number of rotatable bonds is 6. The molecule has 0 aliphatic carbocycles. The molecule has 2 amide bonds. The molecule has 4 rings (SSSR count). The van der Waals surface area contributed by atoms with Crippen molar-refractivity contribution in [2.75, 3.05) is 17.7 Å². The standard InChI is InChI=1S/C26H23FN4O3S/c1-15-5-3-4-6-20(15)31-24(32)21-22(28)23(25(33)29-17-9-7-16(27)8-10-17)35-26(21)30-18-11-13-19(34-2)14-12-18/h3-14,23H,28H2,1-2H3,(H,29,33)(H,31,32). The van der Waals surface area contributed by atoms with Crippen molar-refractivity contribution in [3.63, 3.8) is 0 Å². The molecule has 0 fully saturated rings. The number of carbonyl (C=O) groups excluding carboxylic acids is 2. The fraction of sp³-hybridized carbons (Fsp3) is 0.115. The number of para-hydroxylation sites is 1. The molecule has 1 heterocycles. The number of ether oxygens (including phenoxy) is 1. The number of anilines is 2. The van der Waals surface area contributed by atoms with Crippen LogP contribution in [0.15, 0.2) is 89.1 Å². The number of nitrogens with two attached hydrogens (primary N) is 1. The van der Waals surface area contributed by atoms with Crippen LogP contribution in [0.4, 0.5) is 21.5 Å². The number of carbonyl (C=O) groups is 2. The molecule has 178 valence electrons. The number of amides is 2. The first-order valence-electron chi connectivity index (χ1n) is 10.7. The minimum atomic E-state index is -0.894. The largest absolute Gasteiger partial charge is 0.497 e. The number of halogens is 1.